The average Bonchev–Trinajstić information content (AvgIpc) is 3.01. The van der Waals surface area contributed by atoms with Crippen molar-refractivity contribution in [2.75, 3.05) is 6.54 Å². The molecular formula is C14H14F2N2O3S2. The Morgan fingerprint density at radius 2 is 1.96 bits per heavy atom. The zero-order valence-corrected chi connectivity index (χ0v) is 13.5. The molecule has 0 radical (unpaired) electrons. The number of amides is 1. The predicted molar refractivity (Wildman–Crippen MR) is 82.3 cm³/mol. The second kappa shape index (κ2) is 7.62. The second-order valence-electron chi connectivity index (χ2n) is 4.58. The molecule has 0 bridgehead atoms. The van der Waals surface area contributed by atoms with E-state index >= 15 is 0 Å². The van der Waals surface area contributed by atoms with Gasteiger partial charge in [-0.2, -0.15) is 0 Å². The number of carbonyl (C=O) groups is 1. The lowest BCUT2D eigenvalue weighted by Crippen LogP contribution is -2.30. The number of halogens is 2. The Bertz CT molecular complexity index is 777. The van der Waals surface area contributed by atoms with E-state index in [1.807, 2.05) is 17.5 Å². The van der Waals surface area contributed by atoms with Crippen LogP contribution in [0.2, 0.25) is 0 Å². The van der Waals surface area contributed by atoms with Crippen LogP contribution in [-0.4, -0.2) is 20.9 Å². The highest BCUT2D eigenvalue weighted by atomic mass is 32.2. The average molecular weight is 360 g/mol. The van der Waals surface area contributed by atoms with Crippen LogP contribution in [0.1, 0.15) is 11.3 Å². The molecule has 2 rings (SSSR count). The first kappa shape index (κ1) is 17.5. The molecule has 23 heavy (non-hydrogen) atoms. The van der Waals surface area contributed by atoms with Gasteiger partial charge in [0.05, 0.1) is 11.4 Å². The molecular weight excluding hydrogens is 346 g/mol. The molecule has 0 fully saturated rings. The smallest absolute Gasteiger partial charge is 0.240 e. The molecule has 0 saturated carbocycles. The molecule has 0 unspecified atom stereocenters. The Balaban J connectivity index is 1.82. The van der Waals surface area contributed by atoms with Crippen molar-refractivity contribution in [3.8, 4) is 0 Å². The zero-order valence-electron chi connectivity index (χ0n) is 11.9. The summed E-state index contributed by atoms with van der Waals surface area (Å²) in [4.78, 5) is 12.2. The van der Waals surface area contributed by atoms with E-state index in [-0.39, 0.29) is 18.9 Å². The maximum absolute atomic E-state index is 13.1. The van der Waals surface area contributed by atoms with E-state index in [1.54, 1.807) is 0 Å². The summed E-state index contributed by atoms with van der Waals surface area (Å²) in [5.74, 6) is -2.69. The van der Waals surface area contributed by atoms with Crippen molar-refractivity contribution < 1.29 is 22.0 Å². The Morgan fingerprint density at radius 1 is 1.17 bits per heavy atom. The molecule has 2 aromatic rings. The number of rotatable bonds is 7. The van der Waals surface area contributed by atoms with Crippen molar-refractivity contribution in [1.29, 1.82) is 0 Å². The first-order valence-corrected chi connectivity index (χ1v) is 8.98. The summed E-state index contributed by atoms with van der Waals surface area (Å²) in [6.45, 7) is 0.240. The van der Waals surface area contributed by atoms with Gasteiger partial charge < -0.3 is 5.32 Å². The standard InChI is InChI=1S/C14H14F2N2O3S2/c15-12-4-3-11(8-13(12)16)23(20,21)18-6-5-14(19)17-9-10-2-1-7-22-10/h1-4,7-8,18H,5-6,9H2,(H,17,19). The second-order valence-corrected chi connectivity index (χ2v) is 7.38. The summed E-state index contributed by atoms with van der Waals surface area (Å²) in [5.41, 5.74) is 0. The summed E-state index contributed by atoms with van der Waals surface area (Å²) in [6, 6.07) is 6.02. The van der Waals surface area contributed by atoms with Crippen LogP contribution in [0, 0.1) is 11.6 Å². The van der Waals surface area contributed by atoms with E-state index < -0.39 is 26.6 Å². The van der Waals surface area contributed by atoms with Gasteiger partial charge in [-0.15, -0.1) is 11.3 Å². The van der Waals surface area contributed by atoms with Crippen LogP contribution in [0.25, 0.3) is 0 Å². The van der Waals surface area contributed by atoms with Crippen LogP contribution in [0.3, 0.4) is 0 Å². The number of hydrogen-bond donors (Lipinski definition) is 2. The quantitative estimate of drug-likeness (QED) is 0.793. The monoisotopic (exact) mass is 360 g/mol. The van der Waals surface area contributed by atoms with Crippen molar-refractivity contribution in [3.63, 3.8) is 0 Å². The molecule has 5 nitrogen and oxygen atoms in total. The molecule has 1 aromatic heterocycles. The van der Waals surface area contributed by atoms with Crippen LogP contribution < -0.4 is 10.0 Å². The van der Waals surface area contributed by atoms with Gasteiger partial charge in [0.25, 0.3) is 0 Å². The van der Waals surface area contributed by atoms with Gasteiger partial charge in [0.2, 0.25) is 15.9 Å². The number of sulfonamides is 1. The van der Waals surface area contributed by atoms with Crippen LogP contribution in [0.15, 0.2) is 40.6 Å². The van der Waals surface area contributed by atoms with Crippen LogP contribution >= 0.6 is 11.3 Å². The Morgan fingerprint density at radius 3 is 2.61 bits per heavy atom. The van der Waals surface area contributed by atoms with Crippen LogP contribution in [0.4, 0.5) is 8.78 Å². The number of nitrogens with one attached hydrogen (secondary N) is 2. The molecule has 1 aromatic carbocycles. The molecule has 0 aliphatic heterocycles. The molecule has 0 saturated heterocycles. The van der Waals surface area contributed by atoms with Gasteiger partial charge in [0, 0.05) is 17.8 Å². The lowest BCUT2D eigenvalue weighted by molar-refractivity contribution is -0.121. The van der Waals surface area contributed by atoms with Crippen molar-refractivity contribution in [3.05, 3.63) is 52.2 Å². The largest absolute Gasteiger partial charge is 0.351 e. The summed E-state index contributed by atoms with van der Waals surface area (Å²) in [6.07, 6.45) is -0.0612. The van der Waals surface area contributed by atoms with Gasteiger partial charge in [-0.05, 0) is 29.6 Å². The fourth-order valence-corrected chi connectivity index (χ4v) is 3.40. The molecule has 1 heterocycles. The topological polar surface area (TPSA) is 75.3 Å². The number of carbonyl (C=O) groups excluding carboxylic acids is 1. The summed E-state index contributed by atoms with van der Waals surface area (Å²) in [7, 11) is -3.99. The third kappa shape index (κ3) is 5.08. The van der Waals surface area contributed by atoms with Gasteiger partial charge in [0.15, 0.2) is 11.6 Å². The van der Waals surface area contributed by atoms with Gasteiger partial charge in [0.1, 0.15) is 0 Å². The van der Waals surface area contributed by atoms with E-state index in [0.717, 1.165) is 17.0 Å². The first-order chi connectivity index (χ1) is 10.9. The number of thiophene rings is 1. The minimum Gasteiger partial charge on any atom is -0.351 e. The van der Waals surface area contributed by atoms with E-state index in [4.69, 9.17) is 0 Å². The van der Waals surface area contributed by atoms with Gasteiger partial charge in [-0.1, -0.05) is 6.07 Å². The zero-order chi connectivity index (χ0) is 16.9. The fraction of sp³-hybridized carbons (Fsp3) is 0.214. The molecule has 2 N–H and O–H groups in total. The molecule has 1 amide bonds. The molecule has 0 atom stereocenters. The van der Waals surface area contributed by atoms with Crippen molar-refractivity contribution >= 4 is 27.3 Å². The van der Waals surface area contributed by atoms with E-state index in [2.05, 4.69) is 10.0 Å². The lowest BCUT2D eigenvalue weighted by atomic mass is 10.3. The Kier molecular flexibility index (Phi) is 5.80. The normalized spacial score (nSPS) is 11.4. The maximum atomic E-state index is 13.1. The fourth-order valence-electron chi connectivity index (χ4n) is 1.71. The summed E-state index contributed by atoms with van der Waals surface area (Å²) in [5, 5.41) is 4.54. The van der Waals surface area contributed by atoms with Crippen molar-refractivity contribution in [2.45, 2.75) is 17.9 Å². The van der Waals surface area contributed by atoms with Gasteiger partial charge >= 0.3 is 0 Å². The number of hydrogen-bond acceptors (Lipinski definition) is 4. The number of benzene rings is 1. The predicted octanol–water partition coefficient (Wildman–Crippen LogP) is 2.01. The molecule has 0 spiro atoms. The third-order valence-corrected chi connectivity index (χ3v) is 5.22. The third-order valence-electron chi connectivity index (χ3n) is 2.89. The lowest BCUT2D eigenvalue weighted by Gasteiger charge is -2.07. The molecule has 124 valence electrons. The van der Waals surface area contributed by atoms with Gasteiger partial charge in [-0.3, -0.25) is 4.79 Å². The summed E-state index contributed by atoms with van der Waals surface area (Å²) < 4.78 is 51.8. The molecule has 0 aliphatic rings. The highest BCUT2D eigenvalue weighted by Gasteiger charge is 2.16. The molecule has 0 aliphatic carbocycles. The molecule has 9 heteroatoms. The van der Waals surface area contributed by atoms with Crippen molar-refractivity contribution in [1.82, 2.24) is 10.0 Å². The Labute approximate surface area is 136 Å². The van der Waals surface area contributed by atoms with Crippen molar-refractivity contribution in [2.24, 2.45) is 0 Å². The van der Waals surface area contributed by atoms with Crippen LogP contribution in [-0.2, 0) is 21.4 Å². The summed E-state index contributed by atoms with van der Waals surface area (Å²) >= 11 is 1.50. The highest BCUT2D eigenvalue weighted by Crippen LogP contribution is 2.13. The van der Waals surface area contributed by atoms with E-state index in [0.29, 0.717) is 12.6 Å². The van der Waals surface area contributed by atoms with E-state index in [9.17, 15) is 22.0 Å². The SMILES string of the molecule is O=C(CCNS(=O)(=O)c1ccc(F)c(F)c1)NCc1cccs1. The van der Waals surface area contributed by atoms with Crippen LogP contribution in [0.5, 0.6) is 0 Å². The minimum atomic E-state index is -3.99. The van der Waals surface area contributed by atoms with Gasteiger partial charge in [-0.25, -0.2) is 21.9 Å². The minimum absolute atomic E-state index is 0.0612. The maximum Gasteiger partial charge on any atom is 0.240 e. The Hall–Kier alpha value is -1.84. The highest BCUT2D eigenvalue weighted by molar-refractivity contribution is 7.89. The van der Waals surface area contributed by atoms with E-state index in [1.165, 1.54) is 11.3 Å². The first-order valence-electron chi connectivity index (χ1n) is 6.62.